The second-order valence-electron chi connectivity index (χ2n) is 1.89. The fraction of sp³-hybridized carbons (Fsp3) is 0.200. The molecule has 0 saturated carbocycles. The molecule has 4 N–H and O–H groups in total. The van der Waals surface area contributed by atoms with E-state index >= 15 is 0 Å². The van der Waals surface area contributed by atoms with Crippen LogP contribution in [0.5, 0.6) is 0 Å². The number of rotatable bonds is 2. The van der Waals surface area contributed by atoms with Crippen molar-refractivity contribution >= 4 is 24.2 Å². The van der Waals surface area contributed by atoms with Gasteiger partial charge in [-0.2, -0.15) is 5.10 Å². The average molecular weight is 178 g/mol. The molecule has 0 atom stereocenters. The highest BCUT2D eigenvalue weighted by molar-refractivity contribution is 5.85. The molecule has 0 bridgehead atoms. The van der Waals surface area contributed by atoms with Crippen molar-refractivity contribution in [1.29, 1.82) is 0 Å². The number of halogens is 1. The Morgan fingerprint density at radius 1 is 1.82 bits per heavy atom. The van der Waals surface area contributed by atoms with Gasteiger partial charge in [0.1, 0.15) is 5.82 Å². The monoisotopic (exact) mass is 177 g/mol. The van der Waals surface area contributed by atoms with Gasteiger partial charge in [0.25, 0.3) is 0 Å². The van der Waals surface area contributed by atoms with Crippen molar-refractivity contribution in [2.75, 3.05) is 5.73 Å². The maximum Gasteiger partial charge on any atom is 0.309 e. The highest BCUT2D eigenvalue weighted by atomic mass is 35.5. The first-order valence-corrected chi connectivity index (χ1v) is 2.70. The minimum atomic E-state index is -0.899. The first-order chi connectivity index (χ1) is 4.68. The fourth-order valence-electron chi connectivity index (χ4n) is 0.633. The molecule has 1 heterocycles. The van der Waals surface area contributed by atoms with Crippen LogP contribution in [0, 0.1) is 0 Å². The third-order valence-corrected chi connectivity index (χ3v) is 0.992. The van der Waals surface area contributed by atoms with Gasteiger partial charge in [0.2, 0.25) is 0 Å². The van der Waals surface area contributed by atoms with Crippen molar-refractivity contribution in [1.82, 2.24) is 10.2 Å². The van der Waals surface area contributed by atoms with Gasteiger partial charge >= 0.3 is 5.97 Å². The summed E-state index contributed by atoms with van der Waals surface area (Å²) in [5.41, 5.74) is 5.74. The number of aromatic amines is 1. The second kappa shape index (κ2) is 3.82. The number of nitrogens with two attached hydrogens (primary N) is 1. The molecule has 0 aromatic carbocycles. The minimum absolute atomic E-state index is 0. The van der Waals surface area contributed by atoms with Gasteiger partial charge in [-0.15, -0.1) is 12.4 Å². The Morgan fingerprint density at radius 3 is 2.82 bits per heavy atom. The second-order valence-corrected chi connectivity index (χ2v) is 1.89. The van der Waals surface area contributed by atoms with E-state index in [1.807, 2.05) is 0 Å². The summed E-state index contributed by atoms with van der Waals surface area (Å²) in [5, 5.41) is 14.3. The zero-order valence-electron chi connectivity index (χ0n) is 5.57. The third-order valence-electron chi connectivity index (χ3n) is 0.992. The van der Waals surface area contributed by atoms with Gasteiger partial charge in [-0.1, -0.05) is 0 Å². The smallest absolute Gasteiger partial charge is 0.309 e. The van der Waals surface area contributed by atoms with Crippen LogP contribution in [0.1, 0.15) is 5.69 Å². The summed E-state index contributed by atoms with van der Waals surface area (Å²) in [6.45, 7) is 0. The van der Waals surface area contributed by atoms with Crippen molar-refractivity contribution in [2.45, 2.75) is 6.42 Å². The summed E-state index contributed by atoms with van der Waals surface area (Å²) < 4.78 is 0. The van der Waals surface area contributed by atoms with E-state index in [4.69, 9.17) is 10.8 Å². The van der Waals surface area contributed by atoms with Crippen LogP contribution in [0.25, 0.3) is 0 Å². The normalized spacial score (nSPS) is 8.73. The lowest BCUT2D eigenvalue weighted by Gasteiger charge is -1.85. The van der Waals surface area contributed by atoms with Gasteiger partial charge in [0.15, 0.2) is 0 Å². The van der Waals surface area contributed by atoms with Crippen LogP contribution in [-0.4, -0.2) is 21.3 Å². The number of hydrogen-bond acceptors (Lipinski definition) is 3. The van der Waals surface area contributed by atoms with Crippen LogP contribution in [0.2, 0.25) is 0 Å². The maximum atomic E-state index is 10.1. The molecular formula is C5H8ClN3O2. The Kier molecular flexibility index (Phi) is 3.39. The summed E-state index contributed by atoms with van der Waals surface area (Å²) in [5.74, 6) is -0.583. The van der Waals surface area contributed by atoms with E-state index < -0.39 is 5.97 Å². The van der Waals surface area contributed by atoms with E-state index in [1.165, 1.54) is 6.07 Å². The number of aliphatic carboxylic acids is 1. The molecule has 0 aliphatic rings. The van der Waals surface area contributed by atoms with Gasteiger partial charge in [-0.3, -0.25) is 9.89 Å². The number of aromatic nitrogens is 2. The molecule has 0 spiro atoms. The summed E-state index contributed by atoms with van der Waals surface area (Å²) >= 11 is 0. The number of nitrogen functional groups attached to an aromatic ring is 1. The van der Waals surface area contributed by atoms with Gasteiger partial charge in [-0.05, 0) is 0 Å². The van der Waals surface area contributed by atoms with Crippen molar-refractivity contribution < 1.29 is 9.90 Å². The number of carboxylic acid groups (broad SMARTS) is 1. The lowest BCUT2D eigenvalue weighted by atomic mass is 10.3. The van der Waals surface area contributed by atoms with Gasteiger partial charge in [-0.25, -0.2) is 0 Å². The Labute approximate surface area is 69.0 Å². The predicted molar refractivity (Wildman–Crippen MR) is 41.6 cm³/mol. The number of carboxylic acids is 1. The molecule has 1 rings (SSSR count). The topological polar surface area (TPSA) is 92.0 Å². The van der Waals surface area contributed by atoms with Crippen LogP contribution in [0.15, 0.2) is 6.07 Å². The molecule has 0 aliphatic carbocycles. The third kappa shape index (κ3) is 2.90. The molecule has 0 aliphatic heterocycles. The number of hydrogen-bond donors (Lipinski definition) is 3. The Balaban J connectivity index is 0.000001000. The number of H-pyrrole nitrogens is 1. The van der Waals surface area contributed by atoms with Crippen LogP contribution in [0.3, 0.4) is 0 Å². The highest BCUT2D eigenvalue weighted by Crippen LogP contribution is 2.00. The van der Waals surface area contributed by atoms with E-state index in [0.29, 0.717) is 11.5 Å². The van der Waals surface area contributed by atoms with E-state index in [9.17, 15) is 4.79 Å². The molecule has 0 unspecified atom stereocenters. The Hall–Kier alpha value is -1.23. The quantitative estimate of drug-likeness (QED) is 0.595. The molecular weight excluding hydrogens is 170 g/mol. The molecule has 1 aromatic rings. The molecule has 5 nitrogen and oxygen atoms in total. The number of nitrogens with one attached hydrogen (secondary N) is 1. The lowest BCUT2D eigenvalue weighted by molar-refractivity contribution is -0.136. The van der Waals surface area contributed by atoms with Crippen LogP contribution < -0.4 is 5.73 Å². The van der Waals surface area contributed by atoms with Gasteiger partial charge in [0, 0.05) is 11.8 Å². The molecule has 1 aromatic heterocycles. The average Bonchev–Trinajstić information content (AvgIpc) is 2.13. The van der Waals surface area contributed by atoms with Crippen molar-refractivity contribution in [3.8, 4) is 0 Å². The number of nitrogens with zero attached hydrogens (tertiary/aromatic N) is 1. The maximum absolute atomic E-state index is 10.1. The van der Waals surface area contributed by atoms with Gasteiger partial charge in [0.05, 0.1) is 6.42 Å². The minimum Gasteiger partial charge on any atom is -0.481 e. The van der Waals surface area contributed by atoms with Crippen LogP contribution in [-0.2, 0) is 11.2 Å². The highest BCUT2D eigenvalue weighted by Gasteiger charge is 2.01. The van der Waals surface area contributed by atoms with Crippen molar-refractivity contribution in [3.63, 3.8) is 0 Å². The first-order valence-electron chi connectivity index (χ1n) is 2.70. The largest absolute Gasteiger partial charge is 0.481 e. The van der Waals surface area contributed by atoms with E-state index in [0.717, 1.165) is 0 Å². The SMILES string of the molecule is Cl.Nc1cc(CC(=O)O)[nH]n1. The standard InChI is InChI=1S/C5H7N3O2.ClH/c6-4-1-3(7-8-4)2-5(9)10;/h1H,2H2,(H,9,10)(H3,6,7,8);1H. The van der Waals surface area contributed by atoms with Crippen molar-refractivity contribution in [3.05, 3.63) is 11.8 Å². The lowest BCUT2D eigenvalue weighted by Crippen LogP contribution is -1.99. The zero-order chi connectivity index (χ0) is 7.56. The van der Waals surface area contributed by atoms with E-state index in [-0.39, 0.29) is 18.8 Å². The summed E-state index contributed by atoms with van der Waals surface area (Å²) in [4.78, 5) is 10.1. The van der Waals surface area contributed by atoms with Gasteiger partial charge < -0.3 is 10.8 Å². The molecule has 0 amide bonds. The predicted octanol–water partition coefficient (Wildman–Crippen LogP) is 0.0408. The van der Waals surface area contributed by atoms with E-state index in [2.05, 4.69) is 10.2 Å². The molecule has 0 saturated heterocycles. The Morgan fingerprint density at radius 2 is 2.45 bits per heavy atom. The number of anilines is 1. The molecule has 0 radical (unpaired) electrons. The van der Waals surface area contributed by atoms with E-state index in [1.54, 1.807) is 0 Å². The Bertz CT molecular complexity index is 248. The molecule has 11 heavy (non-hydrogen) atoms. The fourth-order valence-corrected chi connectivity index (χ4v) is 0.633. The van der Waals surface area contributed by atoms with Crippen LogP contribution >= 0.6 is 12.4 Å². The zero-order valence-corrected chi connectivity index (χ0v) is 6.39. The summed E-state index contributed by atoms with van der Waals surface area (Å²) in [7, 11) is 0. The number of carbonyl (C=O) groups is 1. The van der Waals surface area contributed by atoms with Crippen molar-refractivity contribution in [2.24, 2.45) is 0 Å². The molecule has 62 valence electrons. The molecule has 6 heteroatoms. The first kappa shape index (κ1) is 9.77. The summed E-state index contributed by atoms with van der Waals surface area (Å²) in [6, 6.07) is 1.49. The summed E-state index contributed by atoms with van der Waals surface area (Å²) in [6.07, 6.45) is -0.0653. The van der Waals surface area contributed by atoms with Crippen LogP contribution in [0.4, 0.5) is 5.82 Å². The molecule has 0 fully saturated rings.